The second-order valence-corrected chi connectivity index (χ2v) is 7.04. The number of β-amino-alcohol motifs (C(OH)–C–C–N with tert-alkyl or cyclic N) is 1. The molecule has 27 heavy (non-hydrogen) atoms. The van der Waals surface area contributed by atoms with Crippen LogP contribution in [0.2, 0.25) is 0 Å². The largest absolute Gasteiger partial charge is 0.490 e. The van der Waals surface area contributed by atoms with E-state index in [1.165, 1.54) is 12.1 Å². The highest BCUT2D eigenvalue weighted by atomic mass is 19.1. The summed E-state index contributed by atoms with van der Waals surface area (Å²) in [5.41, 5.74) is 1.89. The Kier molecular flexibility index (Phi) is 5.45. The number of aliphatic hydroxyl groups is 1. The van der Waals surface area contributed by atoms with Crippen LogP contribution in [0.15, 0.2) is 42.5 Å². The van der Waals surface area contributed by atoms with Gasteiger partial charge in [-0.1, -0.05) is 6.07 Å². The van der Waals surface area contributed by atoms with Crippen molar-refractivity contribution in [2.24, 2.45) is 0 Å². The maximum Gasteiger partial charge on any atom is 0.161 e. The summed E-state index contributed by atoms with van der Waals surface area (Å²) in [6, 6.07) is 12.3. The first kappa shape index (κ1) is 18.1. The van der Waals surface area contributed by atoms with E-state index in [0.717, 1.165) is 49.6 Å². The molecule has 1 N–H and O–H groups in total. The van der Waals surface area contributed by atoms with Gasteiger partial charge in [-0.2, -0.15) is 0 Å². The van der Waals surface area contributed by atoms with E-state index in [2.05, 4.69) is 9.80 Å². The molecule has 6 heteroatoms. The van der Waals surface area contributed by atoms with E-state index >= 15 is 0 Å². The summed E-state index contributed by atoms with van der Waals surface area (Å²) < 4.78 is 24.4. The van der Waals surface area contributed by atoms with Gasteiger partial charge in [-0.3, -0.25) is 4.90 Å². The Labute approximate surface area is 158 Å². The Bertz CT molecular complexity index is 761. The van der Waals surface area contributed by atoms with E-state index in [4.69, 9.17) is 9.47 Å². The molecule has 0 aliphatic carbocycles. The summed E-state index contributed by atoms with van der Waals surface area (Å²) in [5.74, 6) is 1.25. The number of hydrogen-bond donors (Lipinski definition) is 1. The lowest BCUT2D eigenvalue weighted by Crippen LogP contribution is -2.47. The van der Waals surface area contributed by atoms with Gasteiger partial charge in [0.2, 0.25) is 0 Å². The van der Waals surface area contributed by atoms with Crippen LogP contribution in [0.3, 0.4) is 0 Å². The fourth-order valence-electron chi connectivity index (χ4n) is 3.58. The highest BCUT2D eigenvalue weighted by Crippen LogP contribution is 2.32. The zero-order valence-corrected chi connectivity index (χ0v) is 15.3. The first-order valence-corrected chi connectivity index (χ1v) is 9.49. The lowest BCUT2D eigenvalue weighted by molar-refractivity contribution is 0.109. The molecule has 1 atom stereocenters. The van der Waals surface area contributed by atoms with E-state index in [-0.39, 0.29) is 5.82 Å². The molecule has 2 heterocycles. The molecule has 0 amide bonds. The number of anilines is 1. The number of fused-ring (bicyclic) bond motifs is 1. The van der Waals surface area contributed by atoms with Crippen LogP contribution in [-0.2, 0) is 0 Å². The van der Waals surface area contributed by atoms with Crippen LogP contribution in [0.1, 0.15) is 18.1 Å². The minimum atomic E-state index is -0.570. The Hall–Kier alpha value is -2.31. The quantitative estimate of drug-likeness (QED) is 0.894. The van der Waals surface area contributed by atoms with Crippen molar-refractivity contribution in [3.63, 3.8) is 0 Å². The number of hydrogen-bond acceptors (Lipinski definition) is 5. The topological polar surface area (TPSA) is 45.2 Å². The molecule has 0 aromatic heterocycles. The summed E-state index contributed by atoms with van der Waals surface area (Å²) in [4.78, 5) is 4.50. The van der Waals surface area contributed by atoms with E-state index in [9.17, 15) is 9.50 Å². The van der Waals surface area contributed by atoms with Gasteiger partial charge in [0.25, 0.3) is 0 Å². The van der Waals surface area contributed by atoms with Crippen molar-refractivity contribution in [2.45, 2.75) is 12.5 Å². The van der Waals surface area contributed by atoms with E-state index < -0.39 is 6.10 Å². The highest BCUT2D eigenvalue weighted by molar-refractivity contribution is 5.47. The number of ether oxygens (including phenoxy) is 2. The van der Waals surface area contributed by atoms with Crippen molar-refractivity contribution >= 4 is 5.69 Å². The van der Waals surface area contributed by atoms with Gasteiger partial charge >= 0.3 is 0 Å². The number of nitrogens with zero attached hydrogens (tertiary/aromatic N) is 2. The number of rotatable bonds is 4. The van der Waals surface area contributed by atoms with Gasteiger partial charge in [0, 0.05) is 44.8 Å². The van der Waals surface area contributed by atoms with Crippen molar-refractivity contribution in [3.8, 4) is 11.5 Å². The predicted molar refractivity (Wildman–Crippen MR) is 102 cm³/mol. The summed E-state index contributed by atoms with van der Waals surface area (Å²) in [7, 11) is 0. The van der Waals surface area contributed by atoms with E-state index in [1.807, 2.05) is 30.3 Å². The second-order valence-electron chi connectivity index (χ2n) is 7.04. The first-order chi connectivity index (χ1) is 13.2. The zero-order chi connectivity index (χ0) is 18.6. The number of aliphatic hydroxyl groups excluding tert-OH is 1. The fraction of sp³-hybridized carbons (Fsp3) is 0.429. The molecule has 2 aromatic rings. The molecule has 5 nitrogen and oxygen atoms in total. The van der Waals surface area contributed by atoms with Gasteiger partial charge in [0.15, 0.2) is 11.5 Å². The average Bonchev–Trinajstić information content (AvgIpc) is 2.94. The Morgan fingerprint density at radius 3 is 2.37 bits per heavy atom. The molecule has 4 rings (SSSR count). The summed E-state index contributed by atoms with van der Waals surface area (Å²) >= 11 is 0. The van der Waals surface area contributed by atoms with Crippen LogP contribution in [0, 0.1) is 5.82 Å². The molecule has 0 bridgehead atoms. The zero-order valence-electron chi connectivity index (χ0n) is 15.3. The van der Waals surface area contributed by atoms with Gasteiger partial charge in [-0.15, -0.1) is 0 Å². The molecule has 144 valence electrons. The average molecular weight is 372 g/mol. The van der Waals surface area contributed by atoms with Crippen molar-refractivity contribution in [1.29, 1.82) is 0 Å². The summed E-state index contributed by atoms with van der Waals surface area (Å²) in [6.45, 7) is 5.32. The molecule has 1 saturated heterocycles. The maximum absolute atomic E-state index is 13.1. The van der Waals surface area contributed by atoms with Crippen molar-refractivity contribution in [2.75, 3.05) is 50.8 Å². The Morgan fingerprint density at radius 2 is 1.63 bits per heavy atom. The van der Waals surface area contributed by atoms with Crippen LogP contribution in [0.25, 0.3) is 0 Å². The lowest BCUT2D eigenvalue weighted by Gasteiger charge is -2.37. The summed E-state index contributed by atoms with van der Waals surface area (Å²) in [5, 5.41) is 10.7. The molecule has 2 aromatic carbocycles. The molecule has 0 radical (unpaired) electrons. The highest BCUT2D eigenvalue weighted by Gasteiger charge is 2.21. The van der Waals surface area contributed by atoms with Gasteiger partial charge in [-0.25, -0.2) is 4.39 Å². The molecule has 0 spiro atoms. The lowest BCUT2D eigenvalue weighted by atomic mass is 10.1. The molecule has 2 aliphatic rings. The third kappa shape index (κ3) is 4.34. The van der Waals surface area contributed by atoms with Crippen molar-refractivity contribution < 1.29 is 19.0 Å². The molecular formula is C21H25FN2O3. The van der Waals surface area contributed by atoms with Crippen LogP contribution in [0.4, 0.5) is 10.1 Å². The van der Waals surface area contributed by atoms with Crippen molar-refractivity contribution in [1.82, 2.24) is 4.90 Å². The maximum atomic E-state index is 13.1. The SMILES string of the molecule is OC(CN1CCN(c2ccc(F)cc2)CC1)c1ccc2c(c1)OCCCO2. The minimum Gasteiger partial charge on any atom is -0.490 e. The van der Waals surface area contributed by atoms with E-state index in [1.54, 1.807) is 0 Å². The minimum absolute atomic E-state index is 0.212. The number of piperazine rings is 1. The summed E-state index contributed by atoms with van der Waals surface area (Å²) in [6.07, 6.45) is 0.296. The van der Waals surface area contributed by atoms with Gasteiger partial charge < -0.3 is 19.5 Å². The van der Waals surface area contributed by atoms with Crippen LogP contribution < -0.4 is 14.4 Å². The standard InChI is InChI=1S/C21H25FN2O3/c22-17-3-5-18(6-4-17)24-10-8-23(9-11-24)15-19(25)16-2-7-20-21(14-16)27-13-1-12-26-20/h2-7,14,19,25H,1,8-13,15H2. The smallest absolute Gasteiger partial charge is 0.161 e. The number of benzene rings is 2. The van der Waals surface area contributed by atoms with Gasteiger partial charge in [0.05, 0.1) is 19.3 Å². The first-order valence-electron chi connectivity index (χ1n) is 9.49. The monoisotopic (exact) mass is 372 g/mol. The van der Waals surface area contributed by atoms with Gasteiger partial charge in [0.1, 0.15) is 5.82 Å². The third-order valence-electron chi connectivity index (χ3n) is 5.15. The van der Waals surface area contributed by atoms with Crippen molar-refractivity contribution in [3.05, 3.63) is 53.8 Å². The molecule has 1 unspecified atom stereocenters. The van der Waals surface area contributed by atoms with Gasteiger partial charge in [-0.05, 0) is 42.0 Å². The van der Waals surface area contributed by atoms with Crippen LogP contribution >= 0.6 is 0 Å². The Balaban J connectivity index is 1.33. The predicted octanol–water partition coefficient (Wildman–Crippen LogP) is 2.84. The molecule has 2 aliphatic heterocycles. The third-order valence-corrected chi connectivity index (χ3v) is 5.15. The molecule has 0 saturated carbocycles. The Morgan fingerprint density at radius 1 is 0.926 bits per heavy atom. The number of halogens is 1. The molecular weight excluding hydrogens is 347 g/mol. The van der Waals surface area contributed by atoms with Crippen LogP contribution in [-0.4, -0.2) is 55.9 Å². The van der Waals surface area contributed by atoms with Crippen LogP contribution in [0.5, 0.6) is 11.5 Å². The fourth-order valence-corrected chi connectivity index (χ4v) is 3.58. The van der Waals surface area contributed by atoms with E-state index in [0.29, 0.717) is 25.5 Å². The molecule has 1 fully saturated rings. The normalized spacial score (nSPS) is 18.8. The second kappa shape index (κ2) is 8.15.